The largest absolute Gasteiger partial charge is 0.460 e. The zero-order valence-electron chi connectivity index (χ0n) is 25.1. The van der Waals surface area contributed by atoms with Crippen LogP contribution in [0.2, 0.25) is 0 Å². The smallest absolute Gasteiger partial charge is 0.375 e. The monoisotopic (exact) mass is 994 g/mol. The van der Waals surface area contributed by atoms with Gasteiger partial charge < -0.3 is 5.11 Å². The molecule has 0 fully saturated rings. The third-order valence-electron chi connectivity index (χ3n) is 7.11. The fourth-order valence-corrected chi connectivity index (χ4v) is 3.84. The van der Waals surface area contributed by atoms with Crippen LogP contribution in [0.5, 0.6) is 0 Å². The Balaban J connectivity index is 7.81. The maximum absolute atomic E-state index is 13.9. The fourth-order valence-electron chi connectivity index (χ4n) is 3.42. The van der Waals surface area contributed by atoms with Crippen LogP contribution < -0.4 is 0 Å². The van der Waals surface area contributed by atoms with Crippen LogP contribution in [0.25, 0.3) is 0 Å². The predicted octanol–water partition coefficient (Wildman–Crippen LogP) is 10.3. The average molecular weight is 994 g/mol. The molecule has 0 amide bonds. The number of aliphatic hydroxyl groups is 1. The van der Waals surface area contributed by atoms with Gasteiger partial charge in [-0.3, -0.25) is 4.55 Å². The van der Waals surface area contributed by atoms with E-state index in [2.05, 4.69) is 0 Å². The molecule has 59 heavy (non-hydrogen) atoms. The zero-order valence-corrected chi connectivity index (χ0v) is 25.9. The van der Waals surface area contributed by atoms with Gasteiger partial charge in [-0.05, 0) is 0 Å². The van der Waals surface area contributed by atoms with E-state index in [0.29, 0.717) is 0 Å². The second-order valence-corrected chi connectivity index (χ2v) is 12.6. The van der Waals surface area contributed by atoms with Gasteiger partial charge in [-0.2, -0.15) is 162 Å². The van der Waals surface area contributed by atoms with Crippen molar-refractivity contribution in [2.45, 2.75) is 113 Å². The fraction of sp³-hybridized carbons (Fsp3) is 1.00. The molecule has 356 valence electrons. The highest BCUT2D eigenvalue weighted by Gasteiger charge is 3.02. The summed E-state index contributed by atoms with van der Waals surface area (Å²) in [5.74, 6) is -157. The summed E-state index contributed by atoms with van der Waals surface area (Å²) in [4.78, 5) is 0. The third kappa shape index (κ3) is 6.81. The van der Waals surface area contributed by atoms with Gasteiger partial charge in [0.2, 0.25) is 0 Å². The number of aliphatic hydroxyl groups excluding tert-OH is 1. The molecule has 0 aromatic carbocycles. The summed E-state index contributed by atoms with van der Waals surface area (Å²) in [5, 5.41) is 8.52. The minimum absolute atomic E-state index is 4.20. The minimum Gasteiger partial charge on any atom is -0.375 e. The highest BCUT2D eigenvalue weighted by Crippen LogP contribution is 2.70. The van der Waals surface area contributed by atoms with Crippen molar-refractivity contribution in [1.82, 2.24) is 0 Å². The summed E-state index contributed by atoms with van der Waals surface area (Å²) in [6, 6.07) is 0. The zero-order chi connectivity index (χ0) is 49.3. The minimum atomic E-state index is -10.4. The van der Waals surface area contributed by atoms with Gasteiger partial charge in [0.05, 0.1) is 6.42 Å². The van der Waals surface area contributed by atoms with Crippen molar-refractivity contribution in [1.29, 1.82) is 0 Å². The van der Waals surface area contributed by atoms with E-state index in [4.69, 9.17) is 9.66 Å². The van der Waals surface area contributed by atoms with E-state index in [1.54, 1.807) is 0 Å². The molecule has 0 spiro atoms. The first kappa shape index (κ1) is 56.4. The van der Waals surface area contributed by atoms with Gasteiger partial charge in [0.15, 0.2) is 5.44 Å². The van der Waals surface area contributed by atoms with E-state index in [1.807, 2.05) is 0 Å². The predicted molar refractivity (Wildman–Crippen MR) is 107 cm³/mol. The molecular weight excluding hydrogens is 989 g/mol. The molecule has 0 bridgehead atoms. The van der Waals surface area contributed by atoms with Crippen molar-refractivity contribution >= 4 is 10.1 Å². The van der Waals surface area contributed by atoms with E-state index in [0.717, 1.165) is 0 Å². The van der Waals surface area contributed by atoms with Crippen LogP contribution in [0.4, 0.5) is 154 Å². The summed E-state index contributed by atoms with van der Waals surface area (Å²) in [7, 11) is -6.70. The van der Waals surface area contributed by atoms with E-state index in [9.17, 15) is 162 Å². The summed E-state index contributed by atoms with van der Waals surface area (Å²) in [6.45, 7) is 0. The Kier molecular flexibility index (Phi) is 13.1. The van der Waals surface area contributed by atoms with Crippen molar-refractivity contribution in [3.63, 3.8) is 0 Å². The summed E-state index contributed by atoms with van der Waals surface area (Å²) in [6.07, 6.45) is -12.7. The first-order valence-corrected chi connectivity index (χ1v) is 13.9. The molecule has 4 nitrogen and oxygen atoms in total. The SMILES string of the molecule is O=S(=O)(O)C(O)CC(F)(F)C(F)(F)C(F)(F)C(F)(F)C(F)(F)C(F)(F)C(F)(F)C(F)(F)C(F)(F)C(F)(F)C(F)(F)C(F)(F)C(F)(F)C(F)(F)C(F)(F)C(F)(F)C(F)(F)F. The number of hydrogen-bond acceptors (Lipinski definition) is 3. The van der Waals surface area contributed by atoms with E-state index in [1.165, 1.54) is 0 Å². The number of alkyl halides is 35. The van der Waals surface area contributed by atoms with E-state index in [-0.39, 0.29) is 0 Å². The van der Waals surface area contributed by atoms with Crippen LogP contribution in [0.1, 0.15) is 6.42 Å². The quantitative estimate of drug-likeness (QED) is 0.106. The van der Waals surface area contributed by atoms with Crippen molar-refractivity contribution < 1.29 is 172 Å². The lowest BCUT2D eigenvalue weighted by Crippen LogP contribution is -2.80. The summed E-state index contributed by atoms with van der Waals surface area (Å²) >= 11 is 0. The molecule has 0 aromatic rings. The first-order chi connectivity index (χ1) is 24.6. The van der Waals surface area contributed by atoms with Crippen LogP contribution in [0, 0.1) is 0 Å². The van der Waals surface area contributed by atoms with Gasteiger partial charge in [-0.1, -0.05) is 0 Å². The lowest BCUT2D eigenvalue weighted by Gasteiger charge is -2.47. The Labute approximate surface area is 296 Å². The molecule has 2 N–H and O–H groups in total. The van der Waals surface area contributed by atoms with Crippen molar-refractivity contribution in [2.24, 2.45) is 0 Å². The Morgan fingerprint density at radius 3 is 0.559 bits per heavy atom. The molecule has 0 heterocycles. The molecule has 40 heteroatoms. The van der Waals surface area contributed by atoms with Crippen LogP contribution in [-0.4, -0.2) is 124 Å². The molecule has 1 atom stereocenters. The van der Waals surface area contributed by atoms with Gasteiger partial charge >= 0.3 is 101 Å². The van der Waals surface area contributed by atoms with Crippen LogP contribution in [0.15, 0.2) is 0 Å². The van der Waals surface area contributed by atoms with Crippen molar-refractivity contribution in [3.05, 3.63) is 0 Å². The molecule has 0 rings (SSSR count). The van der Waals surface area contributed by atoms with Gasteiger partial charge in [0.1, 0.15) is 0 Å². The van der Waals surface area contributed by atoms with E-state index < -0.39 is 123 Å². The lowest BCUT2D eigenvalue weighted by molar-refractivity contribution is -0.492. The second kappa shape index (κ2) is 13.7. The second-order valence-electron chi connectivity index (χ2n) is 11.0. The normalized spacial score (nSPS) is 17.7. The van der Waals surface area contributed by atoms with Gasteiger partial charge in [-0.25, -0.2) is 0 Å². The van der Waals surface area contributed by atoms with Crippen LogP contribution >= 0.6 is 0 Å². The van der Waals surface area contributed by atoms with Crippen molar-refractivity contribution in [2.75, 3.05) is 0 Å². The first-order valence-electron chi connectivity index (χ1n) is 12.4. The molecular formula is C19H5F35O4S. The summed E-state index contributed by atoms with van der Waals surface area (Å²) in [5.41, 5.74) is -4.67. The maximum Gasteiger partial charge on any atom is 0.460 e. The van der Waals surface area contributed by atoms with Crippen molar-refractivity contribution in [3.8, 4) is 0 Å². The molecule has 0 aliphatic heterocycles. The highest BCUT2D eigenvalue weighted by atomic mass is 32.2. The molecule has 0 aliphatic rings. The lowest BCUT2D eigenvalue weighted by atomic mass is 9.82. The Hall–Kier alpha value is -2.58. The molecule has 0 aliphatic carbocycles. The Morgan fingerprint density at radius 1 is 0.288 bits per heavy atom. The van der Waals surface area contributed by atoms with E-state index >= 15 is 0 Å². The van der Waals surface area contributed by atoms with Crippen LogP contribution in [0.3, 0.4) is 0 Å². The molecule has 0 saturated heterocycles. The number of hydrogen-bond donors (Lipinski definition) is 2. The number of halogens is 35. The van der Waals surface area contributed by atoms with Crippen LogP contribution in [-0.2, 0) is 10.1 Å². The number of rotatable bonds is 18. The van der Waals surface area contributed by atoms with Gasteiger partial charge in [0.25, 0.3) is 10.1 Å². The highest BCUT2D eigenvalue weighted by molar-refractivity contribution is 7.86. The summed E-state index contributed by atoms with van der Waals surface area (Å²) < 4.78 is 503. The Bertz CT molecular complexity index is 1650. The molecule has 1 unspecified atom stereocenters. The maximum atomic E-state index is 13.9. The van der Waals surface area contributed by atoms with Gasteiger partial charge in [0, 0.05) is 0 Å². The molecule has 0 radical (unpaired) electrons. The third-order valence-corrected chi connectivity index (χ3v) is 7.97. The molecule has 0 saturated carbocycles. The Morgan fingerprint density at radius 2 is 0.424 bits per heavy atom. The topological polar surface area (TPSA) is 74.6 Å². The van der Waals surface area contributed by atoms with Gasteiger partial charge in [-0.15, -0.1) is 0 Å². The average Bonchev–Trinajstić information content (AvgIpc) is 2.98. The molecule has 0 aromatic heterocycles. The standard InChI is InChI=1S/C19H5F35O4S/c20-3(21,1-2(55)59(56,57)58)4(22,23)5(24,25)6(26,27)7(28,29)8(30,31)9(32,33)10(34,35)11(36,37)12(38,39)13(40,41)14(42,43)15(44,45)16(46,47)17(48,49)18(50,51)19(52,53)54/h2,55H,1H2,(H,56,57,58).